The van der Waals surface area contributed by atoms with Gasteiger partial charge in [-0.1, -0.05) is 6.92 Å². The first kappa shape index (κ1) is 12.9. The Kier molecular flexibility index (Phi) is 6.22. The minimum absolute atomic E-state index is 0.733. The van der Waals surface area contributed by atoms with E-state index in [1.165, 1.54) is 32.5 Å². The number of methoxy groups -OCH3 is 1. The first-order chi connectivity index (χ1) is 7.26. The van der Waals surface area contributed by atoms with Gasteiger partial charge in [0.25, 0.3) is 0 Å². The molecular formula is C12H26N2O. The topological polar surface area (TPSA) is 38.5 Å². The largest absolute Gasteiger partial charge is 0.384 e. The Balaban J connectivity index is 2.23. The number of nitrogens with two attached hydrogens (primary N) is 1. The van der Waals surface area contributed by atoms with Crippen molar-refractivity contribution in [2.24, 2.45) is 17.6 Å². The first-order valence-corrected chi connectivity index (χ1v) is 6.17. The Morgan fingerprint density at radius 2 is 2.33 bits per heavy atom. The van der Waals surface area contributed by atoms with Crippen molar-refractivity contribution in [2.45, 2.75) is 26.2 Å². The molecule has 0 saturated carbocycles. The number of piperidine rings is 1. The highest BCUT2D eigenvalue weighted by Crippen LogP contribution is 2.18. The first-order valence-electron chi connectivity index (χ1n) is 6.17. The van der Waals surface area contributed by atoms with Crippen molar-refractivity contribution in [1.29, 1.82) is 0 Å². The van der Waals surface area contributed by atoms with Crippen LogP contribution in [-0.2, 0) is 4.74 Å². The highest BCUT2D eigenvalue weighted by molar-refractivity contribution is 4.74. The van der Waals surface area contributed by atoms with Crippen LogP contribution in [0.15, 0.2) is 0 Å². The molecule has 15 heavy (non-hydrogen) atoms. The van der Waals surface area contributed by atoms with Gasteiger partial charge < -0.3 is 15.4 Å². The van der Waals surface area contributed by atoms with Crippen LogP contribution in [0.4, 0.5) is 0 Å². The van der Waals surface area contributed by atoms with Gasteiger partial charge in [0.2, 0.25) is 0 Å². The second-order valence-electron chi connectivity index (χ2n) is 4.91. The number of hydrogen-bond donors (Lipinski definition) is 1. The lowest BCUT2D eigenvalue weighted by molar-refractivity contribution is 0.0834. The van der Waals surface area contributed by atoms with Crippen LogP contribution >= 0.6 is 0 Å². The maximum atomic E-state index is 5.57. The van der Waals surface area contributed by atoms with Gasteiger partial charge >= 0.3 is 0 Å². The number of rotatable bonds is 6. The minimum atomic E-state index is 0.733. The van der Waals surface area contributed by atoms with Crippen LogP contribution in [0.25, 0.3) is 0 Å². The third-order valence-electron chi connectivity index (χ3n) is 3.23. The average Bonchev–Trinajstić information content (AvgIpc) is 2.19. The summed E-state index contributed by atoms with van der Waals surface area (Å²) in [5.74, 6) is 1.48. The van der Waals surface area contributed by atoms with Gasteiger partial charge in [-0.15, -0.1) is 0 Å². The fourth-order valence-corrected chi connectivity index (χ4v) is 2.51. The third-order valence-corrected chi connectivity index (χ3v) is 3.23. The Hall–Kier alpha value is -0.120. The van der Waals surface area contributed by atoms with E-state index in [9.17, 15) is 0 Å². The molecule has 2 N–H and O–H groups in total. The predicted molar refractivity (Wildman–Crippen MR) is 63.9 cm³/mol. The summed E-state index contributed by atoms with van der Waals surface area (Å²) in [4.78, 5) is 2.58. The molecule has 0 spiro atoms. The van der Waals surface area contributed by atoms with E-state index in [0.29, 0.717) is 0 Å². The number of likely N-dealkylation sites (tertiary alicyclic amines) is 1. The van der Waals surface area contributed by atoms with Crippen molar-refractivity contribution >= 4 is 0 Å². The van der Waals surface area contributed by atoms with Gasteiger partial charge in [0.1, 0.15) is 0 Å². The van der Waals surface area contributed by atoms with Gasteiger partial charge in [0, 0.05) is 20.2 Å². The highest BCUT2D eigenvalue weighted by atomic mass is 16.5. The molecule has 0 amide bonds. The molecule has 90 valence electrons. The Morgan fingerprint density at radius 3 is 3.00 bits per heavy atom. The molecule has 1 rings (SSSR count). The molecule has 0 aliphatic carbocycles. The molecule has 3 heteroatoms. The van der Waals surface area contributed by atoms with Gasteiger partial charge in [-0.2, -0.15) is 0 Å². The van der Waals surface area contributed by atoms with E-state index in [4.69, 9.17) is 10.5 Å². The van der Waals surface area contributed by atoms with Gasteiger partial charge in [-0.25, -0.2) is 0 Å². The Bertz CT molecular complexity index is 160. The molecule has 0 aromatic heterocycles. The van der Waals surface area contributed by atoms with Crippen molar-refractivity contribution < 1.29 is 4.74 Å². The van der Waals surface area contributed by atoms with Crippen molar-refractivity contribution in [3.05, 3.63) is 0 Å². The van der Waals surface area contributed by atoms with Crippen LogP contribution in [0.1, 0.15) is 26.2 Å². The minimum Gasteiger partial charge on any atom is -0.384 e. The van der Waals surface area contributed by atoms with E-state index in [0.717, 1.165) is 31.4 Å². The second-order valence-corrected chi connectivity index (χ2v) is 4.91. The summed E-state index contributed by atoms with van der Waals surface area (Å²) in [6, 6.07) is 0. The zero-order valence-corrected chi connectivity index (χ0v) is 10.2. The molecule has 1 aliphatic rings. The zero-order chi connectivity index (χ0) is 11.1. The highest BCUT2D eigenvalue weighted by Gasteiger charge is 2.20. The fraction of sp³-hybridized carbons (Fsp3) is 1.00. The van der Waals surface area contributed by atoms with Gasteiger partial charge in [0.15, 0.2) is 0 Å². The van der Waals surface area contributed by atoms with E-state index < -0.39 is 0 Å². The predicted octanol–water partition coefficient (Wildman–Crippen LogP) is 1.33. The number of ether oxygens (including phenoxy) is 1. The molecular weight excluding hydrogens is 188 g/mol. The molecule has 2 atom stereocenters. The lowest BCUT2D eigenvalue weighted by atomic mass is 9.97. The summed E-state index contributed by atoms with van der Waals surface area (Å²) in [6.07, 6.45) is 3.80. The number of nitrogens with zero attached hydrogens (tertiary/aromatic N) is 1. The molecule has 1 aliphatic heterocycles. The van der Waals surface area contributed by atoms with Gasteiger partial charge in [-0.3, -0.25) is 0 Å². The van der Waals surface area contributed by atoms with Crippen LogP contribution in [0, 0.1) is 11.8 Å². The Morgan fingerprint density at radius 1 is 1.53 bits per heavy atom. The van der Waals surface area contributed by atoms with Crippen LogP contribution in [0.3, 0.4) is 0 Å². The molecule has 1 saturated heterocycles. The monoisotopic (exact) mass is 214 g/mol. The molecule has 2 unspecified atom stereocenters. The summed E-state index contributed by atoms with van der Waals surface area (Å²) in [7, 11) is 1.80. The maximum Gasteiger partial charge on any atom is 0.0502 e. The van der Waals surface area contributed by atoms with Crippen LogP contribution < -0.4 is 5.73 Å². The summed E-state index contributed by atoms with van der Waals surface area (Å²) in [5, 5.41) is 0. The SMILES string of the molecule is COCC1CCCN(CC(C)CCN)C1. The van der Waals surface area contributed by atoms with E-state index >= 15 is 0 Å². The third kappa shape index (κ3) is 4.96. The quantitative estimate of drug-likeness (QED) is 0.725. The van der Waals surface area contributed by atoms with Crippen molar-refractivity contribution in [3.63, 3.8) is 0 Å². The summed E-state index contributed by atoms with van der Waals surface area (Å²) < 4.78 is 5.24. The molecule has 0 radical (unpaired) electrons. The average molecular weight is 214 g/mol. The second kappa shape index (κ2) is 7.20. The standard InChI is InChI=1S/C12H26N2O/c1-11(5-6-13)8-14-7-3-4-12(9-14)10-15-2/h11-12H,3-10,13H2,1-2H3. The van der Waals surface area contributed by atoms with Crippen LogP contribution in [0.5, 0.6) is 0 Å². The maximum absolute atomic E-state index is 5.57. The van der Waals surface area contributed by atoms with E-state index in [1.807, 2.05) is 0 Å². The van der Waals surface area contributed by atoms with Crippen molar-refractivity contribution in [2.75, 3.05) is 39.9 Å². The van der Waals surface area contributed by atoms with Crippen molar-refractivity contribution in [3.8, 4) is 0 Å². The van der Waals surface area contributed by atoms with Crippen molar-refractivity contribution in [1.82, 2.24) is 4.90 Å². The molecule has 3 nitrogen and oxygen atoms in total. The van der Waals surface area contributed by atoms with E-state index in [-0.39, 0.29) is 0 Å². The summed E-state index contributed by atoms with van der Waals surface area (Å²) >= 11 is 0. The molecule has 1 fully saturated rings. The molecule has 0 bridgehead atoms. The summed E-state index contributed by atoms with van der Waals surface area (Å²) in [5.41, 5.74) is 5.57. The summed E-state index contributed by atoms with van der Waals surface area (Å²) in [6.45, 7) is 7.71. The van der Waals surface area contributed by atoms with Gasteiger partial charge in [0.05, 0.1) is 6.61 Å². The molecule has 0 aromatic rings. The number of hydrogen-bond acceptors (Lipinski definition) is 3. The van der Waals surface area contributed by atoms with E-state index in [2.05, 4.69) is 11.8 Å². The molecule has 1 heterocycles. The normalized spacial score (nSPS) is 25.4. The van der Waals surface area contributed by atoms with Crippen LogP contribution in [0.2, 0.25) is 0 Å². The van der Waals surface area contributed by atoms with Crippen LogP contribution in [-0.4, -0.2) is 44.8 Å². The lowest BCUT2D eigenvalue weighted by Crippen LogP contribution is -2.39. The fourth-order valence-electron chi connectivity index (χ4n) is 2.51. The van der Waals surface area contributed by atoms with Gasteiger partial charge in [-0.05, 0) is 44.2 Å². The smallest absolute Gasteiger partial charge is 0.0502 e. The zero-order valence-electron chi connectivity index (χ0n) is 10.2. The lowest BCUT2D eigenvalue weighted by Gasteiger charge is -2.34. The molecule has 0 aromatic carbocycles. The van der Waals surface area contributed by atoms with E-state index in [1.54, 1.807) is 7.11 Å². The Labute approximate surface area is 94.0 Å².